The van der Waals surface area contributed by atoms with E-state index in [0.717, 1.165) is 51.2 Å². The van der Waals surface area contributed by atoms with E-state index in [0.29, 0.717) is 6.42 Å². The number of fused-ring (bicyclic) bond motifs is 2. The maximum absolute atomic E-state index is 13.3. The van der Waals surface area contributed by atoms with Gasteiger partial charge in [-0.1, -0.05) is 42.0 Å². The molecule has 2 aromatic carbocycles. The van der Waals surface area contributed by atoms with Gasteiger partial charge in [0.05, 0.1) is 0 Å². The number of benzene rings is 2. The van der Waals surface area contributed by atoms with Crippen molar-refractivity contribution >= 4 is 23.5 Å². The van der Waals surface area contributed by atoms with Gasteiger partial charge >= 0.3 is 6.03 Å². The van der Waals surface area contributed by atoms with Crippen molar-refractivity contribution in [2.75, 3.05) is 11.9 Å². The first-order valence-electron chi connectivity index (χ1n) is 9.92. The molecular weight excluding hydrogens is 366 g/mol. The molecule has 1 heterocycles. The number of anilines is 1. The van der Waals surface area contributed by atoms with Crippen molar-refractivity contribution in [3.63, 3.8) is 0 Å². The first-order valence-corrected chi connectivity index (χ1v) is 9.92. The third-order valence-corrected chi connectivity index (χ3v) is 5.89. The molecule has 6 nitrogen and oxygen atoms in total. The average molecular weight is 391 g/mol. The van der Waals surface area contributed by atoms with E-state index in [1.165, 1.54) is 0 Å². The van der Waals surface area contributed by atoms with E-state index in [-0.39, 0.29) is 18.4 Å². The highest BCUT2D eigenvalue weighted by Crippen LogP contribution is 2.39. The molecule has 4 amide bonds. The van der Waals surface area contributed by atoms with Crippen molar-refractivity contribution in [3.05, 3.63) is 64.2 Å². The van der Waals surface area contributed by atoms with Crippen LogP contribution in [0, 0.1) is 20.8 Å². The summed E-state index contributed by atoms with van der Waals surface area (Å²) in [4.78, 5) is 39.7. The Kier molecular flexibility index (Phi) is 4.65. The lowest BCUT2D eigenvalue weighted by molar-refractivity contribution is -0.134. The number of aryl methyl sites for hydroxylation is 4. The zero-order chi connectivity index (χ0) is 20.8. The highest BCUT2D eigenvalue weighted by atomic mass is 16.2. The Morgan fingerprint density at radius 1 is 1.14 bits per heavy atom. The summed E-state index contributed by atoms with van der Waals surface area (Å²) in [5, 5.41) is 5.75. The standard InChI is InChI=1S/C23H25N3O3/c1-14-11-15(2)20(16(3)12-14)24-19(27)13-26-21(28)23(25-22(26)29)10-6-8-17-7-4-5-9-18(17)23/h4-5,7,9,11-12H,6,8,10,13H2,1-3H3,(H,24,27)(H,25,29)/t23-/m0/s1. The fourth-order valence-corrected chi connectivity index (χ4v) is 4.65. The Labute approximate surface area is 170 Å². The molecule has 4 rings (SSSR count). The summed E-state index contributed by atoms with van der Waals surface area (Å²) in [5.41, 5.74) is 4.61. The van der Waals surface area contributed by atoms with Crippen LogP contribution in [0.4, 0.5) is 10.5 Å². The van der Waals surface area contributed by atoms with Crippen molar-refractivity contribution in [2.45, 2.75) is 45.6 Å². The topological polar surface area (TPSA) is 78.5 Å². The molecule has 6 heteroatoms. The van der Waals surface area contributed by atoms with Crippen LogP contribution in [0.3, 0.4) is 0 Å². The Bertz CT molecular complexity index is 1010. The van der Waals surface area contributed by atoms with Crippen LogP contribution in [-0.4, -0.2) is 29.3 Å². The molecule has 1 atom stereocenters. The van der Waals surface area contributed by atoms with Crippen LogP contribution in [0.25, 0.3) is 0 Å². The van der Waals surface area contributed by atoms with Gasteiger partial charge in [-0.2, -0.15) is 0 Å². The van der Waals surface area contributed by atoms with Crippen molar-refractivity contribution in [1.29, 1.82) is 0 Å². The van der Waals surface area contributed by atoms with Gasteiger partial charge in [0.2, 0.25) is 5.91 Å². The zero-order valence-corrected chi connectivity index (χ0v) is 17.0. The smallest absolute Gasteiger partial charge is 0.324 e. The van der Waals surface area contributed by atoms with Gasteiger partial charge in [0.1, 0.15) is 12.1 Å². The predicted octanol–water partition coefficient (Wildman–Crippen LogP) is 3.33. The van der Waals surface area contributed by atoms with E-state index in [1.807, 2.05) is 57.2 Å². The molecule has 1 saturated heterocycles. The van der Waals surface area contributed by atoms with Crippen LogP contribution in [0.15, 0.2) is 36.4 Å². The van der Waals surface area contributed by atoms with E-state index in [1.54, 1.807) is 0 Å². The molecule has 1 aliphatic carbocycles. The summed E-state index contributed by atoms with van der Waals surface area (Å²) in [5.74, 6) is -0.730. The average Bonchev–Trinajstić information content (AvgIpc) is 2.90. The molecular formula is C23H25N3O3. The predicted molar refractivity (Wildman–Crippen MR) is 111 cm³/mol. The Morgan fingerprint density at radius 2 is 1.83 bits per heavy atom. The SMILES string of the molecule is Cc1cc(C)c(NC(=O)CN2C(=O)N[C@]3(CCCc4ccccc43)C2=O)c(C)c1. The summed E-state index contributed by atoms with van der Waals surface area (Å²) in [7, 11) is 0. The van der Waals surface area contributed by atoms with E-state index in [2.05, 4.69) is 10.6 Å². The van der Waals surface area contributed by atoms with E-state index >= 15 is 0 Å². The van der Waals surface area contributed by atoms with Gasteiger partial charge in [0.25, 0.3) is 5.91 Å². The van der Waals surface area contributed by atoms with Crippen molar-refractivity contribution < 1.29 is 14.4 Å². The minimum Gasteiger partial charge on any atom is -0.324 e. The minimum atomic E-state index is -1.05. The Morgan fingerprint density at radius 3 is 2.55 bits per heavy atom. The summed E-state index contributed by atoms with van der Waals surface area (Å²) in [6.45, 7) is 5.55. The number of nitrogens with zero attached hydrogens (tertiary/aromatic N) is 1. The maximum atomic E-state index is 13.3. The van der Waals surface area contributed by atoms with Gasteiger partial charge < -0.3 is 10.6 Å². The number of urea groups is 1. The van der Waals surface area contributed by atoms with E-state index in [9.17, 15) is 14.4 Å². The highest BCUT2D eigenvalue weighted by molar-refractivity contribution is 6.10. The van der Waals surface area contributed by atoms with E-state index < -0.39 is 11.6 Å². The third-order valence-electron chi connectivity index (χ3n) is 5.89. The van der Waals surface area contributed by atoms with Crippen LogP contribution < -0.4 is 10.6 Å². The second-order valence-corrected chi connectivity index (χ2v) is 8.06. The largest absolute Gasteiger partial charge is 0.325 e. The van der Waals surface area contributed by atoms with Gasteiger partial charge in [0, 0.05) is 5.69 Å². The summed E-state index contributed by atoms with van der Waals surface area (Å²) in [6.07, 6.45) is 2.24. The van der Waals surface area contributed by atoms with Gasteiger partial charge in [-0.15, -0.1) is 0 Å². The number of carbonyl (C=O) groups is 3. The molecule has 1 aliphatic heterocycles. The van der Waals surface area contributed by atoms with Crippen LogP contribution >= 0.6 is 0 Å². The van der Waals surface area contributed by atoms with Crippen LogP contribution in [0.2, 0.25) is 0 Å². The quantitative estimate of drug-likeness (QED) is 0.788. The second-order valence-electron chi connectivity index (χ2n) is 8.06. The lowest BCUT2D eigenvalue weighted by Crippen LogP contribution is -2.47. The number of nitrogens with one attached hydrogen (secondary N) is 2. The molecule has 0 bridgehead atoms. The monoisotopic (exact) mass is 391 g/mol. The molecule has 1 fully saturated rings. The third kappa shape index (κ3) is 3.18. The molecule has 0 unspecified atom stereocenters. The molecule has 2 aromatic rings. The van der Waals surface area contributed by atoms with Crippen molar-refractivity contribution in [2.24, 2.45) is 0 Å². The number of amides is 4. The lowest BCUT2D eigenvalue weighted by Gasteiger charge is -2.33. The molecule has 150 valence electrons. The number of rotatable bonds is 3. The normalized spacial score (nSPS) is 20.6. The Hall–Kier alpha value is -3.15. The molecule has 29 heavy (non-hydrogen) atoms. The van der Waals surface area contributed by atoms with E-state index in [4.69, 9.17) is 0 Å². The fourth-order valence-electron chi connectivity index (χ4n) is 4.65. The fraction of sp³-hybridized carbons (Fsp3) is 0.348. The molecule has 0 saturated carbocycles. The zero-order valence-electron chi connectivity index (χ0n) is 17.0. The van der Waals surface area contributed by atoms with Crippen LogP contribution in [-0.2, 0) is 21.5 Å². The molecule has 1 spiro atoms. The van der Waals surface area contributed by atoms with Gasteiger partial charge in [0.15, 0.2) is 0 Å². The lowest BCUT2D eigenvalue weighted by atomic mass is 9.76. The number of hydrogen-bond donors (Lipinski definition) is 2. The van der Waals surface area contributed by atoms with Crippen LogP contribution in [0.1, 0.15) is 40.7 Å². The number of carbonyl (C=O) groups excluding carboxylic acids is 3. The number of imide groups is 1. The summed E-state index contributed by atoms with van der Waals surface area (Å²) in [6, 6.07) is 11.2. The van der Waals surface area contributed by atoms with Crippen molar-refractivity contribution in [3.8, 4) is 0 Å². The van der Waals surface area contributed by atoms with Gasteiger partial charge in [-0.25, -0.2) is 4.79 Å². The molecule has 0 radical (unpaired) electrons. The first-order chi connectivity index (χ1) is 13.8. The second kappa shape index (κ2) is 7.03. The molecule has 2 aliphatic rings. The van der Waals surface area contributed by atoms with Crippen LogP contribution in [0.5, 0.6) is 0 Å². The maximum Gasteiger partial charge on any atom is 0.325 e. The number of hydrogen-bond acceptors (Lipinski definition) is 3. The minimum absolute atomic E-state index is 0.304. The Balaban J connectivity index is 1.56. The van der Waals surface area contributed by atoms with Gasteiger partial charge in [-0.05, 0) is 62.3 Å². The molecule has 0 aromatic heterocycles. The van der Waals surface area contributed by atoms with Gasteiger partial charge in [-0.3, -0.25) is 14.5 Å². The summed E-state index contributed by atoms with van der Waals surface area (Å²) >= 11 is 0. The van der Waals surface area contributed by atoms with Crippen molar-refractivity contribution in [1.82, 2.24) is 10.2 Å². The summed E-state index contributed by atoms with van der Waals surface area (Å²) < 4.78 is 0. The first kappa shape index (κ1) is 19.2. The highest BCUT2D eigenvalue weighted by Gasteiger charge is 2.54. The molecule has 2 N–H and O–H groups in total.